The van der Waals surface area contributed by atoms with Crippen molar-refractivity contribution in [1.29, 1.82) is 0 Å². The van der Waals surface area contributed by atoms with Gasteiger partial charge in [0.15, 0.2) is 5.82 Å². The van der Waals surface area contributed by atoms with Gasteiger partial charge in [-0.3, -0.25) is 4.79 Å². The zero-order valence-electron chi connectivity index (χ0n) is 13.4. The lowest BCUT2D eigenvalue weighted by Gasteiger charge is -2.33. The third-order valence-corrected chi connectivity index (χ3v) is 5.42. The van der Waals surface area contributed by atoms with Crippen LogP contribution in [0, 0.1) is 12.8 Å². The number of amides is 1. The molecule has 2 aliphatic heterocycles. The lowest BCUT2D eigenvalue weighted by Crippen LogP contribution is -2.43. The minimum absolute atomic E-state index is 0.0685. The van der Waals surface area contributed by atoms with Crippen LogP contribution in [0.3, 0.4) is 0 Å². The van der Waals surface area contributed by atoms with Crippen molar-refractivity contribution < 1.29 is 14.1 Å². The zero-order chi connectivity index (χ0) is 16.5. The molecule has 6 nitrogen and oxygen atoms in total. The number of hydrogen-bond acceptors (Lipinski definition) is 6. The number of piperidine rings is 1. The molecule has 0 bridgehead atoms. The molecule has 7 heteroatoms. The van der Waals surface area contributed by atoms with Gasteiger partial charge in [-0.15, -0.1) is 11.3 Å². The van der Waals surface area contributed by atoms with Gasteiger partial charge in [-0.1, -0.05) is 11.2 Å². The Kier molecular flexibility index (Phi) is 4.20. The number of carbonyl (C=O) groups is 1. The van der Waals surface area contributed by atoms with Gasteiger partial charge in [0.2, 0.25) is 5.91 Å². The molecule has 24 heavy (non-hydrogen) atoms. The SMILES string of the molecule is Cc1noc([C@H]2C[C@H]3CN(C(=O)/C=C/c4cccs4)CC[C@H]3O2)n1. The van der Waals surface area contributed by atoms with E-state index in [0.717, 1.165) is 30.8 Å². The molecule has 4 heterocycles. The molecule has 0 radical (unpaired) electrons. The maximum atomic E-state index is 12.4. The van der Waals surface area contributed by atoms with Gasteiger partial charge in [-0.05, 0) is 37.3 Å². The summed E-state index contributed by atoms with van der Waals surface area (Å²) < 4.78 is 11.3. The highest BCUT2D eigenvalue weighted by atomic mass is 32.1. The van der Waals surface area contributed by atoms with Gasteiger partial charge in [0.05, 0.1) is 6.10 Å². The standard InChI is InChI=1S/C17H19N3O3S/c1-11-18-17(23-19-11)15-9-12-10-20(7-6-14(12)22-15)16(21)5-4-13-3-2-8-24-13/h2-5,8,12,14-15H,6-7,9-10H2,1H3/b5-4+/t12-,14+,15+/m0/s1. The molecule has 2 aromatic rings. The summed E-state index contributed by atoms with van der Waals surface area (Å²) in [4.78, 5) is 19.7. The fourth-order valence-electron chi connectivity index (χ4n) is 3.41. The Morgan fingerprint density at radius 1 is 1.50 bits per heavy atom. The number of likely N-dealkylation sites (tertiary alicyclic amines) is 1. The van der Waals surface area contributed by atoms with Crippen molar-refractivity contribution in [2.75, 3.05) is 13.1 Å². The smallest absolute Gasteiger partial charge is 0.255 e. The molecule has 2 fully saturated rings. The first-order chi connectivity index (χ1) is 11.7. The van der Waals surface area contributed by atoms with E-state index in [-0.39, 0.29) is 18.1 Å². The highest BCUT2D eigenvalue weighted by molar-refractivity contribution is 7.10. The van der Waals surface area contributed by atoms with Crippen molar-refractivity contribution in [2.24, 2.45) is 5.92 Å². The van der Waals surface area contributed by atoms with Gasteiger partial charge in [0, 0.05) is 30.0 Å². The Morgan fingerprint density at radius 2 is 2.42 bits per heavy atom. The van der Waals surface area contributed by atoms with Gasteiger partial charge in [-0.25, -0.2) is 0 Å². The summed E-state index contributed by atoms with van der Waals surface area (Å²) in [5.41, 5.74) is 0. The first kappa shape index (κ1) is 15.5. The van der Waals surface area contributed by atoms with E-state index in [0.29, 0.717) is 17.6 Å². The van der Waals surface area contributed by atoms with E-state index in [2.05, 4.69) is 10.1 Å². The zero-order valence-corrected chi connectivity index (χ0v) is 14.2. The molecule has 3 atom stereocenters. The second kappa shape index (κ2) is 6.49. The van der Waals surface area contributed by atoms with Crippen molar-refractivity contribution in [3.63, 3.8) is 0 Å². The van der Waals surface area contributed by atoms with Gasteiger partial charge >= 0.3 is 0 Å². The molecule has 0 aliphatic carbocycles. The number of aromatic nitrogens is 2. The Hall–Kier alpha value is -1.99. The minimum atomic E-state index is -0.141. The molecular formula is C17H19N3O3S. The van der Waals surface area contributed by atoms with Crippen LogP contribution in [0.15, 0.2) is 28.1 Å². The number of thiophene rings is 1. The highest BCUT2D eigenvalue weighted by Crippen LogP contribution is 2.40. The van der Waals surface area contributed by atoms with Crippen LogP contribution in [0.1, 0.15) is 35.5 Å². The molecule has 1 amide bonds. The summed E-state index contributed by atoms with van der Waals surface area (Å²) in [6, 6.07) is 3.98. The maximum Gasteiger partial charge on any atom is 0.255 e. The number of carbonyl (C=O) groups excluding carboxylic acids is 1. The van der Waals surface area contributed by atoms with Crippen LogP contribution in [0.4, 0.5) is 0 Å². The average molecular weight is 345 g/mol. The van der Waals surface area contributed by atoms with Gasteiger partial charge in [-0.2, -0.15) is 4.98 Å². The molecule has 4 rings (SSSR count). The quantitative estimate of drug-likeness (QED) is 0.800. The van der Waals surface area contributed by atoms with Crippen LogP contribution in [-0.4, -0.2) is 40.1 Å². The molecule has 0 saturated carbocycles. The van der Waals surface area contributed by atoms with E-state index in [9.17, 15) is 4.79 Å². The first-order valence-electron chi connectivity index (χ1n) is 8.15. The fraction of sp³-hybridized carbons (Fsp3) is 0.471. The first-order valence-corrected chi connectivity index (χ1v) is 9.03. The average Bonchev–Trinajstić information content (AvgIpc) is 3.31. The van der Waals surface area contributed by atoms with Crippen LogP contribution < -0.4 is 0 Å². The monoisotopic (exact) mass is 345 g/mol. The molecule has 0 N–H and O–H groups in total. The molecule has 2 saturated heterocycles. The van der Waals surface area contributed by atoms with E-state index in [1.54, 1.807) is 24.3 Å². The Labute approximate surface area is 144 Å². The van der Waals surface area contributed by atoms with Crippen molar-refractivity contribution >= 4 is 23.3 Å². The predicted octanol–water partition coefficient (Wildman–Crippen LogP) is 2.83. The number of aryl methyl sites for hydroxylation is 1. The van der Waals surface area contributed by atoms with Crippen LogP contribution in [-0.2, 0) is 9.53 Å². The Bertz CT molecular complexity index is 740. The lowest BCUT2D eigenvalue weighted by molar-refractivity contribution is -0.129. The number of fused-ring (bicyclic) bond motifs is 1. The van der Waals surface area contributed by atoms with E-state index >= 15 is 0 Å². The van der Waals surface area contributed by atoms with E-state index < -0.39 is 0 Å². The molecule has 0 unspecified atom stereocenters. The van der Waals surface area contributed by atoms with Gasteiger partial charge in [0.25, 0.3) is 5.89 Å². The van der Waals surface area contributed by atoms with Crippen molar-refractivity contribution in [3.05, 3.63) is 40.2 Å². The Morgan fingerprint density at radius 3 is 3.17 bits per heavy atom. The molecule has 126 valence electrons. The summed E-state index contributed by atoms with van der Waals surface area (Å²) in [5, 5.41) is 5.84. The maximum absolute atomic E-state index is 12.4. The summed E-state index contributed by atoms with van der Waals surface area (Å²) in [6.07, 6.45) is 5.26. The minimum Gasteiger partial charge on any atom is -0.365 e. The fourth-order valence-corrected chi connectivity index (χ4v) is 4.02. The molecule has 2 aliphatic rings. The van der Waals surface area contributed by atoms with Gasteiger partial charge < -0.3 is 14.2 Å². The highest BCUT2D eigenvalue weighted by Gasteiger charge is 2.42. The summed E-state index contributed by atoms with van der Waals surface area (Å²) in [7, 11) is 0. The molecule has 0 aromatic carbocycles. The summed E-state index contributed by atoms with van der Waals surface area (Å²) >= 11 is 1.63. The van der Waals surface area contributed by atoms with Crippen molar-refractivity contribution in [1.82, 2.24) is 15.0 Å². The topological polar surface area (TPSA) is 68.5 Å². The number of hydrogen-bond donors (Lipinski definition) is 0. The van der Waals surface area contributed by atoms with Crippen LogP contribution in [0.5, 0.6) is 0 Å². The van der Waals surface area contributed by atoms with Crippen LogP contribution >= 0.6 is 11.3 Å². The molecule has 2 aromatic heterocycles. The van der Waals surface area contributed by atoms with Crippen LogP contribution in [0.2, 0.25) is 0 Å². The number of rotatable bonds is 3. The summed E-state index contributed by atoms with van der Waals surface area (Å²) in [6.45, 7) is 3.25. The number of ether oxygens (including phenoxy) is 1. The number of nitrogens with zero attached hydrogens (tertiary/aromatic N) is 3. The lowest BCUT2D eigenvalue weighted by atomic mass is 9.92. The van der Waals surface area contributed by atoms with Gasteiger partial charge in [0.1, 0.15) is 6.10 Å². The van der Waals surface area contributed by atoms with Crippen molar-refractivity contribution in [2.45, 2.75) is 32.0 Å². The molecular weight excluding hydrogens is 326 g/mol. The van der Waals surface area contributed by atoms with Crippen LogP contribution in [0.25, 0.3) is 6.08 Å². The van der Waals surface area contributed by atoms with E-state index in [1.165, 1.54) is 0 Å². The Balaban J connectivity index is 1.38. The normalized spacial score (nSPS) is 26.9. The largest absolute Gasteiger partial charge is 0.365 e. The third kappa shape index (κ3) is 3.14. The van der Waals surface area contributed by atoms with E-state index in [1.807, 2.05) is 28.5 Å². The second-order valence-corrected chi connectivity index (χ2v) is 7.24. The van der Waals surface area contributed by atoms with Crippen molar-refractivity contribution in [3.8, 4) is 0 Å². The summed E-state index contributed by atoms with van der Waals surface area (Å²) in [5.74, 6) is 1.57. The predicted molar refractivity (Wildman–Crippen MR) is 89.3 cm³/mol. The third-order valence-electron chi connectivity index (χ3n) is 4.58. The molecule has 0 spiro atoms. The second-order valence-electron chi connectivity index (χ2n) is 6.26. The van der Waals surface area contributed by atoms with E-state index in [4.69, 9.17) is 9.26 Å².